The van der Waals surface area contributed by atoms with Gasteiger partial charge in [-0.15, -0.1) is 0 Å². The molecule has 96 valence electrons. The van der Waals surface area contributed by atoms with Crippen molar-refractivity contribution in [3.05, 3.63) is 11.6 Å². The second kappa shape index (κ2) is 9.89. The molecule has 0 N–H and O–H groups in total. The fourth-order valence-electron chi connectivity index (χ4n) is 2.01. The van der Waals surface area contributed by atoms with Gasteiger partial charge >= 0.3 is 0 Å². The molecule has 0 aliphatic carbocycles. The van der Waals surface area contributed by atoms with Gasteiger partial charge in [0.15, 0.2) is 0 Å². The molecule has 0 radical (unpaired) electrons. The molecule has 16 heavy (non-hydrogen) atoms. The highest BCUT2D eigenvalue weighted by Gasteiger charge is 2.07. The van der Waals surface area contributed by atoms with Crippen molar-refractivity contribution in [2.45, 2.75) is 71.8 Å². The van der Waals surface area contributed by atoms with Gasteiger partial charge in [0.05, 0.1) is 0 Å². The van der Waals surface area contributed by atoms with Gasteiger partial charge in [0.2, 0.25) is 0 Å². The quantitative estimate of drug-likeness (QED) is 0.408. The summed E-state index contributed by atoms with van der Waals surface area (Å²) in [4.78, 5) is 2.33. The van der Waals surface area contributed by atoms with E-state index in [0.29, 0.717) is 6.04 Å². The average Bonchev–Trinajstić information content (AvgIpc) is 2.20. The molecule has 1 heteroatoms. The number of nitrogens with zero attached hydrogens (tertiary/aromatic N) is 1. The normalized spacial score (nSPS) is 12.9. The van der Waals surface area contributed by atoms with Crippen molar-refractivity contribution in [1.29, 1.82) is 0 Å². The predicted octanol–water partition coefficient (Wildman–Crippen LogP) is 4.63. The van der Waals surface area contributed by atoms with Crippen molar-refractivity contribution in [2.24, 2.45) is 0 Å². The van der Waals surface area contributed by atoms with Gasteiger partial charge in [0.1, 0.15) is 0 Å². The first kappa shape index (κ1) is 15.7. The summed E-state index contributed by atoms with van der Waals surface area (Å²) >= 11 is 0. The zero-order chi connectivity index (χ0) is 12.4. The highest BCUT2D eigenvalue weighted by atomic mass is 15.1. The van der Waals surface area contributed by atoms with Crippen LogP contribution in [0.25, 0.3) is 0 Å². The Kier molecular flexibility index (Phi) is 9.71. The molecule has 0 fully saturated rings. The number of allylic oxidation sites excluding steroid dienone is 1. The third kappa shape index (κ3) is 8.96. The summed E-state index contributed by atoms with van der Waals surface area (Å²) in [7, 11) is 4.36. The van der Waals surface area contributed by atoms with Crippen molar-refractivity contribution in [3.8, 4) is 0 Å². The lowest BCUT2D eigenvalue weighted by atomic mass is 10.0. The zero-order valence-corrected chi connectivity index (χ0v) is 12.1. The first-order valence-electron chi connectivity index (χ1n) is 6.89. The predicted molar refractivity (Wildman–Crippen MR) is 74.9 cm³/mol. The van der Waals surface area contributed by atoms with E-state index in [9.17, 15) is 0 Å². The molecule has 0 aliphatic heterocycles. The van der Waals surface area contributed by atoms with Crippen molar-refractivity contribution in [2.75, 3.05) is 14.1 Å². The van der Waals surface area contributed by atoms with Gasteiger partial charge in [-0.3, -0.25) is 0 Å². The summed E-state index contributed by atoms with van der Waals surface area (Å²) in [6, 6.07) is 0.635. The molecule has 0 amide bonds. The van der Waals surface area contributed by atoms with Gasteiger partial charge in [-0.05, 0) is 34.4 Å². The Bertz CT molecular complexity index is 178. The molecule has 0 saturated carbocycles. The van der Waals surface area contributed by atoms with Crippen LogP contribution in [0.3, 0.4) is 0 Å². The maximum atomic E-state index is 2.39. The van der Waals surface area contributed by atoms with Crippen LogP contribution in [0.2, 0.25) is 0 Å². The Balaban J connectivity index is 3.65. The van der Waals surface area contributed by atoms with E-state index < -0.39 is 0 Å². The van der Waals surface area contributed by atoms with Gasteiger partial charge in [-0.25, -0.2) is 0 Å². The Hall–Kier alpha value is -0.300. The second-order valence-electron chi connectivity index (χ2n) is 5.33. The minimum absolute atomic E-state index is 0.635. The summed E-state index contributed by atoms with van der Waals surface area (Å²) in [6.45, 7) is 6.66. The van der Waals surface area contributed by atoms with Gasteiger partial charge in [-0.1, -0.05) is 57.1 Å². The number of hydrogen-bond donors (Lipinski definition) is 0. The summed E-state index contributed by atoms with van der Waals surface area (Å²) in [6.07, 6.45) is 12.1. The van der Waals surface area contributed by atoms with Crippen LogP contribution >= 0.6 is 0 Å². The number of rotatable bonds is 9. The van der Waals surface area contributed by atoms with Crippen LogP contribution in [-0.2, 0) is 0 Å². The lowest BCUT2D eigenvalue weighted by Crippen LogP contribution is -2.26. The minimum atomic E-state index is 0.635. The second-order valence-corrected chi connectivity index (χ2v) is 5.33. The average molecular weight is 225 g/mol. The van der Waals surface area contributed by atoms with Crippen LogP contribution in [-0.4, -0.2) is 25.0 Å². The van der Waals surface area contributed by atoms with Crippen molar-refractivity contribution < 1.29 is 0 Å². The van der Waals surface area contributed by atoms with Crippen molar-refractivity contribution >= 4 is 0 Å². The molecule has 0 heterocycles. The SMILES string of the molecule is CCCCCCCCC(C=C(C)C)N(C)C. The monoisotopic (exact) mass is 225 g/mol. The summed E-state index contributed by atoms with van der Waals surface area (Å²) in [5.74, 6) is 0. The van der Waals surface area contributed by atoms with E-state index in [1.165, 1.54) is 50.5 Å². The Morgan fingerprint density at radius 3 is 2.06 bits per heavy atom. The van der Waals surface area contributed by atoms with E-state index in [1.807, 2.05) is 0 Å². The molecular weight excluding hydrogens is 194 g/mol. The molecule has 0 aliphatic rings. The Labute approximate surface area is 103 Å². The maximum Gasteiger partial charge on any atom is 0.0274 e. The smallest absolute Gasteiger partial charge is 0.0274 e. The van der Waals surface area contributed by atoms with E-state index in [0.717, 1.165) is 0 Å². The van der Waals surface area contributed by atoms with Gasteiger partial charge in [0, 0.05) is 6.04 Å². The maximum absolute atomic E-state index is 2.39. The molecule has 1 atom stereocenters. The fourth-order valence-corrected chi connectivity index (χ4v) is 2.01. The highest BCUT2D eigenvalue weighted by Crippen LogP contribution is 2.12. The van der Waals surface area contributed by atoms with Gasteiger partial charge in [0.25, 0.3) is 0 Å². The molecule has 1 unspecified atom stereocenters. The first-order chi connectivity index (χ1) is 7.57. The van der Waals surface area contributed by atoms with Crippen LogP contribution in [0.4, 0.5) is 0 Å². The van der Waals surface area contributed by atoms with Crippen LogP contribution in [0.15, 0.2) is 11.6 Å². The van der Waals surface area contributed by atoms with Crippen LogP contribution in [0.5, 0.6) is 0 Å². The van der Waals surface area contributed by atoms with E-state index >= 15 is 0 Å². The van der Waals surface area contributed by atoms with E-state index in [4.69, 9.17) is 0 Å². The largest absolute Gasteiger partial charge is 0.303 e. The topological polar surface area (TPSA) is 3.24 Å². The summed E-state index contributed by atoms with van der Waals surface area (Å²) < 4.78 is 0. The van der Waals surface area contributed by atoms with E-state index in [1.54, 1.807) is 0 Å². The van der Waals surface area contributed by atoms with Crippen LogP contribution in [0, 0.1) is 0 Å². The molecule has 0 aromatic carbocycles. The lowest BCUT2D eigenvalue weighted by Gasteiger charge is -2.21. The van der Waals surface area contributed by atoms with Crippen LogP contribution < -0.4 is 0 Å². The Morgan fingerprint density at radius 2 is 1.56 bits per heavy atom. The summed E-state index contributed by atoms with van der Waals surface area (Å²) in [5.41, 5.74) is 1.43. The Morgan fingerprint density at radius 1 is 1.00 bits per heavy atom. The molecule has 0 bridgehead atoms. The number of likely N-dealkylation sites (N-methyl/N-ethyl adjacent to an activating group) is 1. The van der Waals surface area contributed by atoms with Crippen molar-refractivity contribution in [3.63, 3.8) is 0 Å². The number of hydrogen-bond acceptors (Lipinski definition) is 1. The van der Waals surface area contributed by atoms with Crippen LogP contribution in [0.1, 0.15) is 65.7 Å². The molecule has 0 spiro atoms. The van der Waals surface area contributed by atoms with Gasteiger partial charge < -0.3 is 4.90 Å². The van der Waals surface area contributed by atoms with Crippen molar-refractivity contribution in [1.82, 2.24) is 4.90 Å². The molecule has 1 nitrogen and oxygen atoms in total. The van der Waals surface area contributed by atoms with E-state index in [-0.39, 0.29) is 0 Å². The molecule has 0 saturated heterocycles. The zero-order valence-electron chi connectivity index (χ0n) is 12.1. The molecule has 0 aromatic heterocycles. The fraction of sp³-hybridized carbons (Fsp3) is 0.867. The lowest BCUT2D eigenvalue weighted by molar-refractivity contribution is 0.318. The van der Waals surface area contributed by atoms with Gasteiger partial charge in [-0.2, -0.15) is 0 Å². The molecule has 0 aromatic rings. The third-order valence-corrected chi connectivity index (χ3v) is 3.04. The standard InChI is InChI=1S/C15H31N/c1-6-7-8-9-10-11-12-15(16(4)5)13-14(2)3/h13,15H,6-12H2,1-5H3. The van der Waals surface area contributed by atoms with E-state index in [2.05, 4.69) is 45.8 Å². The molecular formula is C15H31N. The summed E-state index contributed by atoms with van der Waals surface area (Å²) in [5, 5.41) is 0. The minimum Gasteiger partial charge on any atom is -0.303 e. The molecule has 0 rings (SSSR count). The first-order valence-corrected chi connectivity index (χ1v) is 6.89. The third-order valence-electron chi connectivity index (χ3n) is 3.04. The highest BCUT2D eigenvalue weighted by molar-refractivity contribution is 5.00. The number of unbranched alkanes of at least 4 members (excludes halogenated alkanes) is 5.